The number of hydrogen-bond acceptors (Lipinski definition) is 1. The number of benzene rings is 2. The quantitative estimate of drug-likeness (QED) is 0.785. The van der Waals surface area contributed by atoms with E-state index >= 15 is 0 Å². The molecule has 2 aromatic carbocycles. The van der Waals surface area contributed by atoms with Crippen LogP contribution in [0.5, 0.6) is 0 Å². The van der Waals surface area contributed by atoms with Gasteiger partial charge in [-0.15, -0.1) is 0 Å². The molecule has 2 rings (SSSR count). The molecule has 16 heavy (non-hydrogen) atoms. The van der Waals surface area contributed by atoms with Crippen LogP contribution in [-0.2, 0) is 0 Å². The third kappa shape index (κ3) is 1.94. The van der Waals surface area contributed by atoms with E-state index in [1.54, 1.807) is 0 Å². The molecule has 0 unspecified atom stereocenters. The van der Waals surface area contributed by atoms with Gasteiger partial charge in [0, 0.05) is 0 Å². The lowest BCUT2D eigenvalue weighted by molar-refractivity contribution is 1.19. The minimum Gasteiger partial charge on any atom is -0.333 e. The molecule has 0 saturated carbocycles. The van der Waals surface area contributed by atoms with Crippen molar-refractivity contribution in [3.8, 4) is 0 Å². The first-order valence-corrected chi connectivity index (χ1v) is 8.07. The Hall–Kier alpha value is -1.38. The van der Waals surface area contributed by atoms with Crippen molar-refractivity contribution < 1.29 is 0 Å². The molecular formula is C14H17NSi. The van der Waals surface area contributed by atoms with Crippen LogP contribution in [0.2, 0.25) is 6.55 Å². The summed E-state index contributed by atoms with van der Waals surface area (Å²) in [5.74, 6) is 0. The normalized spacial score (nSPS) is 11.4. The van der Waals surface area contributed by atoms with E-state index in [1.807, 2.05) is 0 Å². The Kier molecular flexibility index (Phi) is 3.22. The summed E-state index contributed by atoms with van der Waals surface area (Å²) in [6.07, 6.45) is 0. The minimum atomic E-state index is -1.73. The van der Waals surface area contributed by atoms with Crippen LogP contribution in [0.15, 0.2) is 60.7 Å². The summed E-state index contributed by atoms with van der Waals surface area (Å²) < 4.78 is 0. The lowest BCUT2D eigenvalue weighted by Crippen LogP contribution is -2.65. The van der Waals surface area contributed by atoms with Crippen molar-refractivity contribution in [2.45, 2.75) is 6.55 Å². The second-order valence-corrected chi connectivity index (χ2v) is 8.01. The largest absolute Gasteiger partial charge is 0.333 e. The highest BCUT2D eigenvalue weighted by molar-refractivity contribution is 6.99. The van der Waals surface area contributed by atoms with E-state index in [1.165, 1.54) is 10.4 Å². The van der Waals surface area contributed by atoms with Crippen LogP contribution in [0.25, 0.3) is 0 Å². The Bertz CT molecular complexity index is 399. The average Bonchev–Trinajstić information content (AvgIpc) is 2.40. The molecule has 0 fully saturated rings. The molecule has 0 heterocycles. The molecular weight excluding hydrogens is 210 g/mol. The predicted molar refractivity (Wildman–Crippen MR) is 72.8 cm³/mol. The Balaban J connectivity index is 2.49. The summed E-state index contributed by atoms with van der Waals surface area (Å²) in [6.45, 7) is 2.34. The van der Waals surface area contributed by atoms with E-state index < -0.39 is 8.24 Å². The van der Waals surface area contributed by atoms with Gasteiger partial charge in [0.25, 0.3) is 0 Å². The summed E-state index contributed by atoms with van der Waals surface area (Å²) in [5, 5.41) is 2.84. The maximum Gasteiger partial charge on any atom is 0.186 e. The summed E-state index contributed by atoms with van der Waals surface area (Å²) in [6, 6.07) is 21.5. The monoisotopic (exact) mass is 227 g/mol. The zero-order chi connectivity index (χ0) is 11.4. The topological polar surface area (TPSA) is 12.0 Å². The minimum absolute atomic E-state index is 1.42. The molecule has 2 heteroatoms. The number of hydrogen-bond donors (Lipinski definition) is 1. The standard InChI is InChI=1S/C14H17NSi/c1-15-16(2,13-9-5-3-6-10-13)14-11-7-4-8-12-14/h3-12,15H,1-2H3. The van der Waals surface area contributed by atoms with Crippen LogP contribution in [0, 0.1) is 0 Å². The van der Waals surface area contributed by atoms with Crippen LogP contribution in [0.4, 0.5) is 0 Å². The van der Waals surface area contributed by atoms with Crippen LogP contribution in [0.3, 0.4) is 0 Å². The molecule has 2 aromatic rings. The van der Waals surface area contributed by atoms with Crippen molar-refractivity contribution in [1.82, 2.24) is 4.98 Å². The molecule has 0 atom stereocenters. The van der Waals surface area contributed by atoms with Crippen molar-refractivity contribution in [2.75, 3.05) is 7.05 Å². The van der Waals surface area contributed by atoms with E-state index in [9.17, 15) is 0 Å². The van der Waals surface area contributed by atoms with Gasteiger partial charge in [0.2, 0.25) is 0 Å². The van der Waals surface area contributed by atoms with Gasteiger partial charge in [0.05, 0.1) is 0 Å². The van der Waals surface area contributed by atoms with E-state index in [-0.39, 0.29) is 0 Å². The zero-order valence-corrected chi connectivity index (χ0v) is 10.8. The van der Waals surface area contributed by atoms with Crippen molar-refractivity contribution in [1.29, 1.82) is 0 Å². The SMILES string of the molecule is CN[Si](C)(c1ccccc1)c1ccccc1. The van der Waals surface area contributed by atoms with Gasteiger partial charge in [-0.2, -0.15) is 0 Å². The molecule has 0 aliphatic heterocycles. The third-order valence-electron chi connectivity index (χ3n) is 3.20. The first kappa shape index (κ1) is 11.1. The van der Waals surface area contributed by atoms with Gasteiger partial charge in [-0.05, 0) is 24.0 Å². The van der Waals surface area contributed by atoms with Gasteiger partial charge in [-0.1, -0.05) is 60.7 Å². The van der Waals surface area contributed by atoms with Crippen molar-refractivity contribution in [3.05, 3.63) is 60.7 Å². The smallest absolute Gasteiger partial charge is 0.186 e. The summed E-state index contributed by atoms with van der Waals surface area (Å²) >= 11 is 0. The fourth-order valence-electron chi connectivity index (χ4n) is 2.00. The molecule has 0 spiro atoms. The summed E-state index contributed by atoms with van der Waals surface area (Å²) in [7, 11) is 0.336. The van der Waals surface area contributed by atoms with Crippen LogP contribution < -0.4 is 15.4 Å². The van der Waals surface area contributed by atoms with Gasteiger partial charge in [0.15, 0.2) is 8.24 Å². The Labute approximate surface area is 98.2 Å². The second-order valence-electron chi connectivity index (χ2n) is 4.11. The van der Waals surface area contributed by atoms with E-state index in [2.05, 4.69) is 79.2 Å². The average molecular weight is 227 g/mol. The fraction of sp³-hybridized carbons (Fsp3) is 0.143. The molecule has 0 saturated heterocycles. The highest BCUT2D eigenvalue weighted by Gasteiger charge is 2.29. The molecule has 1 nitrogen and oxygen atoms in total. The zero-order valence-electron chi connectivity index (χ0n) is 9.77. The Morgan fingerprint density at radius 1 is 0.750 bits per heavy atom. The van der Waals surface area contributed by atoms with E-state index in [0.717, 1.165) is 0 Å². The van der Waals surface area contributed by atoms with Crippen LogP contribution in [0.1, 0.15) is 0 Å². The molecule has 0 aliphatic carbocycles. The molecule has 0 aliphatic rings. The maximum absolute atomic E-state index is 3.55. The van der Waals surface area contributed by atoms with E-state index in [0.29, 0.717) is 0 Å². The van der Waals surface area contributed by atoms with Crippen LogP contribution >= 0.6 is 0 Å². The van der Waals surface area contributed by atoms with Gasteiger partial charge in [-0.25, -0.2) is 0 Å². The summed E-state index contributed by atoms with van der Waals surface area (Å²) in [5.41, 5.74) is 0. The first-order chi connectivity index (χ1) is 7.77. The Morgan fingerprint density at radius 2 is 1.12 bits per heavy atom. The molecule has 0 radical (unpaired) electrons. The molecule has 82 valence electrons. The van der Waals surface area contributed by atoms with Gasteiger partial charge in [-0.3, -0.25) is 0 Å². The maximum atomic E-state index is 3.55. The number of rotatable bonds is 3. The van der Waals surface area contributed by atoms with Crippen molar-refractivity contribution >= 4 is 18.6 Å². The lowest BCUT2D eigenvalue weighted by Gasteiger charge is -2.27. The van der Waals surface area contributed by atoms with Gasteiger partial charge < -0.3 is 4.98 Å². The first-order valence-electron chi connectivity index (χ1n) is 5.57. The van der Waals surface area contributed by atoms with Gasteiger partial charge >= 0.3 is 0 Å². The number of nitrogens with one attached hydrogen (secondary N) is 1. The third-order valence-corrected chi connectivity index (χ3v) is 7.18. The highest BCUT2D eigenvalue weighted by atomic mass is 28.3. The van der Waals surface area contributed by atoms with Crippen molar-refractivity contribution in [3.63, 3.8) is 0 Å². The molecule has 0 bridgehead atoms. The molecule has 0 amide bonds. The summed E-state index contributed by atoms with van der Waals surface area (Å²) in [4.78, 5) is 3.55. The van der Waals surface area contributed by atoms with Gasteiger partial charge in [0.1, 0.15) is 0 Å². The molecule has 0 aromatic heterocycles. The Morgan fingerprint density at radius 3 is 1.44 bits per heavy atom. The lowest BCUT2D eigenvalue weighted by atomic mass is 10.4. The van der Waals surface area contributed by atoms with E-state index in [4.69, 9.17) is 0 Å². The fourth-order valence-corrected chi connectivity index (χ4v) is 4.63. The van der Waals surface area contributed by atoms with Crippen LogP contribution in [-0.4, -0.2) is 15.3 Å². The highest BCUT2D eigenvalue weighted by Crippen LogP contribution is 2.01. The predicted octanol–water partition coefficient (Wildman–Crippen LogP) is 1.60. The van der Waals surface area contributed by atoms with Crippen molar-refractivity contribution in [2.24, 2.45) is 0 Å². The molecule has 1 N–H and O–H groups in total. The second kappa shape index (κ2) is 4.64.